The van der Waals surface area contributed by atoms with Crippen LogP contribution >= 0.6 is 11.8 Å². The predicted molar refractivity (Wildman–Crippen MR) is 118 cm³/mol. The Balaban J connectivity index is 1.58. The van der Waals surface area contributed by atoms with Gasteiger partial charge in [-0.3, -0.25) is 9.59 Å². The molecule has 1 atom stereocenters. The van der Waals surface area contributed by atoms with Crippen LogP contribution < -0.4 is 10.6 Å². The van der Waals surface area contributed by atoms with E-state index in [0.29, 0.717) is 11.6 Å². The maximum Gasteiger partial charge on any atom is 0.291 e. The monoisotopic (exact) mass is 408 g/mol. The first-order chi connectivity index (χ1) is 13.9. The first-order valence-corrected chi connectivity index (χ1v) is 10.3. The average molecular weight is 409 g/mol. The molecule has 3 rings (SSSR count). The highest BCUT2D eigenvalue weighted by molar-refractivity contribution is 8.00. The Labute approximate surface area is 174 Å². The van der Waals surface area contributed by atoms with Gasteiger partial charge in [0, 0.05) is 16.3 Å². The van der Waals surface area contributed by atoms with Gasteiger partial charge in [-0.1, -0.05) is 32.0 Å². The second kappa shape index (κ2) is 9.47. The van der Waals surface area contributed by atoms with Crippen LogP contribution in [-0.2, 0) is 4.79 Å². The van der Waals surface area contributed by atoms with Crippen LogP contribution in [0.2, 0.25) is 0 Å². The summed E-state index contributed by atoms with van der Waals surface area (Å²) in [6, 6.07) is 18.6. The lowest BCUT2D eigenvalue weighted by Crippen LogP contribution is -2.22. The third kappa shape index (κ3) is 5.74. The number of nitrogens with one attached hydrogen (secondary N) is 2. The summed E-state index contributed by atoms with van der Waals surface area (Å²) < 4.78 is 5.10. The predicted octanol–water partition coefficient (Wildman–Crippen LogP) is 5.77. The summed E-state index contributed by atoms with van der Waals surface area (Å²) in [7, 11) is 0. The van der Waals surface area contributed by atoms with Gasteiger partial charge in [-0.2, -0.15) is 0 Å². The molecule has 2 amide bonds. The van der Waals surface area contributed by atoms with E-state index >= 15 is 0 Å². The van der Waals surface area contributed by atoms with Gasteiger partial charge in [0.05, 0.1) is 11.5 Å². The fourth-order valence-corrected chi connectivity index (χ4v) is 3.63. The summed E-state index contributed by atoms with van der Waals surface area (Å²) in [5, 5.41) is 5.45. The standard InChI is InChI=1S/C23H24N2O3S/c1-15(2)17-9-11-18(12-10-17)24-22(26)16(3)29-20-7-4-6-19(14-20)25-23(27)21-8-5-13-28-21/h4-16H,1-3H3,(H,24,26)(H,25,27). The molecule has 0 radical (unpaired) electrons. The summed E-state index contributed by atoms with van der Waals surface area (Å²) in [4.78, 5) is 25.5. The van der Waals surface area contributed by atoms with E-state index in [1.54, 1.807) is 18.2 Å². The van der Waals surface area contributed by atoms with E-state index in [2.05, 4.69) is 24.5 Å². The lowest BCUT2D eigenvalue weighted by Gasteiger charge is -2.13. The number of amides is 2. The van der Waals surface area contributed by atoms with Gasteiger partial charge in [-0.25, -0.2) is 0 Å². The maximum atomic E-state index is 12.5. The number of anilines is 2. The number of benzene rings is 2. The van der Waals surface area contributed by atoms with E-state index in [9.17, 15) is 9.59 Å². The van der Waals surface area contributed by atoms with Crippen molar-refractivity contribution in [3.63, 3.8) is 0 Å². The zero-order valence-corrected chi connectivity index (χ0v) is 17.5. The van der Waals surface area contributed by atoms with Crippen molar-refractivity contribution in [1.29, 1.82) is 0 Å². The minimum absolute atomic E-state index is 0.0719. The van der Waals surface area contributed by atoms with Crippen LogP contribution in [0.15, 0.2) is 76.2 Å². The Kier molecular flexibility index (Phi) is 6.77. The number of furan rings is 1. The number of rotatable bonds is 7. The van der Waals surface area contributed by atoms with Crippen molar-refractivity contribution in [2.24, 2.45) is 0 Å². The van der Waals surface area contributed by atoms with E-state index in [-0.39, 0.29) is 22.8 Å². The van der Waals surface area contributed by atoms with Gasteiger partial charge in [-0.15, -0.1) is 11.8 Å². The Morgan fingerprint density at radius 3 is 2.31 bits per heavy atom. The second-order valence-electron chi connectivity index (χ2n) is 6.99. The number of carbonyl (C=O) groups is 2. The van der Waals surface area contributed by atoms with Crippen molar-refractivity contribution >= 4 is 35.0 Å². The topological polar surface area (TPSA) is 71.3 Å². The minimum Gasteiger partial charge on any atom is -0.459 e. The van der Waals surface area contributed by atoms with Crippen LogP contribution in [0.5, 0.6) is 0 Å². The summed E-state index contributed by atoms with van der Waals surface area (Å²) in [6.45, 7) is 6.13. The number of thioether (sulfide) groups is 1. The highest BCUT2D eigenvalue weighted by Gasteiger charge is 2.16. The zero-order chi connectivity index (χ0) is 20.8. The first-order valence-electron chi connectivity index (χ1n) is 9.45. The Hall–Kier alpha value is -2.99. The van der Waals surface area contributed by atoms with Crippen LogP contribution in [0.25, 0.3) is 0 Å². The highest BCUT2D eigenvalue weighted by Crippen LogP contribution is 2.27. The summed E-state index contributed by atoms with van der Waals surface area (Å²) in [5.74, 6) is 0.319. The Bertz CT molecular complexity index is 966. The van der Waals surface area contributed by atoms with E-state index in [1.165, 1.54) is 23.6 Å². The van der Waals surface area contributed by atoms with Crippen LogP contribution in [0, 0.1) is 0 Å². The molecule has 0 aliphatic heterocycles. The third-order valence-corrected chi connectivity index (χ3v) is 5.46. The SMILES string of the molecule is CC(Sc1cccc(NC(=O)c2ccco2)c1)C(=O)Nc1ccc(C(C)C)cc1. The van der Waals surface area contributed by atoms with Gasteiger partial charge in [-0.05, 0) is 60.9 Å². The molecule has 0 saturated carbocycles. The molecule has 3 aromatic rings. The van der Waals surface area contributed by atoms with Crippen molar-refractivity contribution < 1.29 is 14.0 Å². The van der Waals surface area contributed by atoms with Crippen molar-refractivity contribution in [2.45, 2.75) is 36.8 Å². The normalized spacial score (nSPS) is 11.9. The fraction of sp³-hybridized carbons (Fsp3) is 0.217. The van der Waals surface area contributed by atoms with Crippen molar-refractivity contribution in [1.82, 2.24) is 0 Å². The van der Waals surface area contributed by atoms with E-state index in [0.717, 1.165) is 10.6 Å². The van der Waals surface area contributed by atoms with E-state index < -0.39 is 0 Å². The first kappa shape index (κ1) is 20.7. The largest absolute Gasteiger partial charge is 0.459 e. The maximum absolute atomic E-state index is 12.5. The van der Waals surface area contributed by atoms with Crippen LogP contribution in [0.3, 0.4) is 0 Å². The average Bonchev–Trinajstić information content (AvgIpc) is 3.23. The van der Waals surface area contributed by atoms with Crippen molar-refractivity contribution in [3.05, 3.63) is 78.3 Å². The molecule has 0 spiro atoms. The second-order valence-corrected chi connectivity index (χ2v) is 8.40. The van der Waals surface area contributed by atoms with Gasteiger partial charge >= 0.3 is 0 Å². The van der Waals surface area contributed by atoms with Crippen molar-refractivity contribution in [2.75, 3.05) is 10.6 Å². The lowest BCUT2D eigenvalue weighted by atomic mass is 10.0. The Morgan fingerprint density at radius 2 is 1.66 bits per heavy atom. The van der Waals surface area contributed by atoms with E-state index in [1.807, 2.05) is 49.4 Å². The minimum atomic E-state index is -0.312. The van der Waals surface area contributed by atoms with Gasteiger partial charge in [0.2, 0.25) is 5.91 Å². The zero-order valence-electron chi connectivity index (χ0n) is 16.6. The molecule has 0 fully saturated rings. The van der Waals surface area contributed by atoms with Gasteiger partial charge < -0.3 is 15.1 Å². The summed E-state index contributed by atoms with van der Waals surface area (Å²) in [5.41, 5.74) is 2.67. The molecule has 0 aliphatic rings. The molecule has 1 aromatic heterocycles. The Morgan fingerprint density at radius 1 is 0.897 bits per heavy atom. The molecule has 2 N–H and O–H groups in total. The molecule has 29 heavy (non-hydrogen) atoms. The highest BCUT2D eigenvalue weighted by atomic mass is 32.2. The molecule has 5 nitrogen and oxygen atoms in total. The van der Waals surface area contributed by atoms with Gasteiger partial charge in [0.1, 0.15) is 0 Å². The van der Waals surface area contributed by atoms with Crippen LogP contribution in [0.4, 0.5) is 11.4 Å². The fourth-order valence-electron chi connectivity index (χ4n) is 2.70. The molecule has 2 aromatic carbocycles. The quantitative estimate of drug-likeness (QED) is 0.487. The molecule has 0 aliphatic carbocycles. The smallest absolute Gasteiger partial charge is 0.291 e. The van der Waals surface area contributed by atoms with Crippen LogP contribution in [-0.4, -0.2) is 17.1 Å². The number of hydrogen-bond acceptors (Lipinski definition) is 4. The molecule has 0 bridgehead atoms. The van der Waals surface area contributed by atoms with Crippen LogP contribution in [0.1, 0.15) is 42.8 Å². The third-order valence-electron chi connectivity index (χ3n) is 4.36. The molecule has 0 saturated heterocycles. The summed E-state index contributed by atoms with van der Waals surface area (Å²) in [6.07, 6.45) is 1.46. The molecule has 150 valence electrons. The number of hydrogen-bond donors (Lipinski definition) is 2. The summed E-state index contributed by atoms with van der Waals surface area (Å²) >= 11 is 1.43. The van der Waals surface area contributed by atoms with Gasteiger partial charge in [0.25, 0.3) is 5.91 Å². The van der Waals surface area contributed by atoms with Crippen molar-refractivity contribution in [3.8, 4) is 0 Å². The number of carbonyl (C=O) groups excluding carboxylic acids is 2. The van der Waals surface area contributed by atoms with E-state index in [4.69, 9.17) is 4.42 Å². The van der Waals surface area contributed by atoms with Gasteiger partial charge in [0.15, 0.2) is 5.76 Å². The molecular formula is C23H24N2O3S. The molecule has 1 unspecified atom stereocenters. The molecular weight excluding hydrogens is 384 g/mol. The molecule has 1 heterocycles. The lowest BCUT2D eigenvalue weighted by molar-refractivity contribution is -0.115. The molecule has 6 heteroatoms.